The van der Waals surface area contributed by atoms with Gasteiger partial charge in [0.15, 0.2) is 0 Å². The normalized spacial score (nSPS) is 16.7. The molecule has 4 rings (SSSR count). The molecule has 2 fully saturated rings. The Balaban J connectivity index is 1.63. The van der Waals surface area contributed by atoms with Gasteiger partial charge in [0.25, 0.3) is 5.56 Å². The summed E-state index contributed by atoms with van der Waals surface area (Å²) in [5.74, 6) is 0.565. The van der Waals surface area contributed by atoms with E-state index in [4.69, 9.17) is 0 Å². The number of anilines is 1. The van der Waals surface area contributed by atoms with E-state index in [1.807, 2.05) is 19.1 Å². The molecule has 0 unspecified atom stereocenters. The van der Waals surface area contributed by atoms with Crippen LogP contribution in [0.4, 0.5) is 5.69 Å². The number of aromatic amines is 1. The highest BCUT2D eigenvalue weighted by molar-refractivity contribution is 5.87. The lowest BCUT2D eigenvalue weighted by Crippen LogP contribution is -2.62. The fourth-order valence-electron chi connectivity index (χ4n) is 3.43. The fourth-order valence-corrected chi connectivity index (χ4v) is 3.43. The lowest BCUT2D eigenvalue weighted by atomic mass is 10.0. The number of hydrogen-bond acceptors (Lipinski definition) is 5. The van der Waals surface area contributed by atoms with Crippen LogP contribution in [0.5, 0.6) is 0 Å². The molecule has 2 aromatic heterocycles. The van der Waals surface area contributed by atoms with Crippen LogP contribution in [0.1, 0.15) is 18.5 Å². The van der Waals surface area contributed by atoms with Crippen molar-refractivity contribution in [1.29, 1.82) is 0 Å². The summed E-state index contributed by atoms with van der Waals surface area (Å²) in [6, 6.07) is 3.95. The van der Waals surface area contributed by atoms with E-state index >= 15 is 0 Å². The van der Waals surface area contributed by atoms with Crippen LogP contribution < -0.4 is 10.5 Å². The maximum Gasteiger partial charge on any atom is 0.271 e. The van der Waals surface area contributed by atoms with Crippen molar-refractivity contribution in [2.75, 3.05) is 24.5 Å². The number of H-pyrrole nitrogens is 1. The Kier molecular flexibility index (Phi) is 4.51. The minimum atomic E-state index is -0.112. The Hall–Kier alpha value is -2.96. The second kappa shape index (κ2) is 6.98. The number of aromatic nitrogens is 3. The van der Waals surface area contributed by atoms with Gasteiger partial charge in [-0.3, -0.25) is 9.59 Å². The van der Waals surface area contributed by atoms with Gasteiger partial charge in [0.2, 0.25) is 5.91 Å². The van der Waals surface area contributed by atoms with E-state index in [1.165, 1.54) is 25.2 Å². The summed E-state index contributed by atoms with van der Waals surface area (Å²) >= 11 is 0. The van der Waals surface area contributed by atoms with Crippen LogP contribution >= 0.6 is 0 Å². The Morgan fingerprint density at radius 1 is 1.37 bits per heavy atom. The molecular weight excluding hydrogens is 342 g/mol. The fraction of sp³-hybridized carbons (Fsp3) is 0.400. The first-order valence-electron chi connectivity index (χ1n) is 9.25. The SMILES string of the molecule is C=CC(=O)N1CC(N(CC2CC2)c2cc(-c3cc(C)ncn3)c[nH]c2=O)C1. The number of likely N-dealkylation sites (tertiary alicyclic amines) is 1. The standard InChI is InChI=1S/C20H23N5O2/c1-3-19(26)24-10-16(11-24)25(9-14-4-5-14)18-7-15(8-21-20(18)27)17-6-13(2)22-12-23-17/h3,6-8,12,14,16H,1,4-5,9-11H2,2H3,(H,21,27). The third-order valence-corrected chi connectivity index (χ3v) is 5.23. The summed E-state index contributed by atoms with van der Waals surface area (Å²) in [4.78, 5) is 39.6. The number of rotatable bonds is 6. The quantitative estimate of drug-likeness (QED) is 0.789. The van der Waals surface area contributed by atoms with E-state index < -0.39 is 0 Å². The smallest absolute Gasteiger partial charge is 0.271 e. The molecule has 7 nitrogen and oxygen atoms in total. The summed E-state index contributed by atoms with van der Waals surface area (Å²) in [7, 11) is 0. The zero-order chi connectivity index (χ0) is 19.0. The summed E-state index contributed by atoms with van der Waals surface area (Å²) in [5.41, 5.74) is 3.04. The van der Waals surface area contributed by atoms with Crippen molar-refractivity contribution in [2.45, 2.75) is 25.8 Å². The van der Waals surface area contributed by atoms with E-state index in [9.17, 15) is 9.59 Å². The molecule has 2 aromatic rings. The van der Waals surface area contributed by atoms with Crippen LogP contribution in [0.15, 0.2) is 42.1 Å². The molecule has 140 valence electrons. The Morgan fingerprint density at radius 2 is 2.15 bits per heavy atom. The Labute approximate surface area is 157 Å². The van der Waals surface area contributed by atoms with Crippen molar-refractivity contribution >= 4 is 11.6 Å². The molecule has 7 heteroatoms. The molecule has 1 amide bonds. The third-order valence-electron chi connectivity index (χ3n) is 5.23. The van der Waals surface area contributed by atoms with Crippen molar-refractivity contribution in [3.63, 3.8) is 0 Å². The number of carbonyl (C=O) groups excluding carboxylic acids is 1. The maximum absolute atomic E-state index is 12.6. The molecule has 1 aliphatic heterocycles. The predicted octanol–water partition coefficient (Wildman–Crippen LogP) is 1.75. The van der Waals surface area contributed by atoms with Crippen molar-refractivity contribution in [1.82, 2.24) is 19.9 Å². The van der Waals surface area contributed by atoms with Gasteiger partial charge < -0.3 is 14.8 Å². The molecule has 0 aromatic carbocycles. The molecule has 0 spiro atoms. The summed E-state index contributed by atoms with van der Waals surface area (Å²) in [6.45, 7) is 7.54. The van der Waals surface area contributed by atoms with Gasteiger partial charge in [-0.2, -0.15) is 0 Å². The highest BCUT2D eigenvalue weighted by atomic mass is 16.2. The predicted molar refractivity (Wildman–Crippen MR) is 103 cm³/mol. The highest BCUT2D eigenvalue weighted by Crippen LogP contribution is 2.33. The van der Waals surface area contributed by atoms with Crippen LogP contribution in [0.2, 0.25) is 0 Å². The van der Waals surface area contributed by atoms with Crippen LogP contribution in [0.25, 0.3) is 11.3 Å². The van der Waals surface area contributed by atoms with Gasteiger partial charge in [0, 0.05) is 37.1 Å². The third kappa shape index (κ3) is 3.63. The van der Waals surface area contributed by atoms with E-state index in [0.717, 1.165) is 23.5 Å². The lowest BCUT2D eigenvalue weighted by Gasteiger charge is -2.46. The molecule has 3 heterocycles. The topological polar surface area (TPSA) is 82.2 Å². The Bertz CT molecular complexity index is 928. The zero-order valence-corrected chi connectivity index (χ0v) is 15.4. The monoisotopic (exact) mass is 365 g/mol. The molecule has 0 atom stereocenters. The first-order valence-corrected chi connectivity index (χ1v) is 9.25. The molecular formula is C20H23N5O2. The van der Waals surface area contributed by atoms with Crippen LogP contribution in [-0.4, -0.2) is 51.4 Å². The largest absolute Gasteiger partial charge is 0.360 e. The van der Waals surface area contributed by atoms with Gasteiger partial charge in [-0.15, -0.1) is 0 Å². The molecule has 2 aliphatic rings. The number of pyridine rings is 1. The number of carbonyl (C=O) groups is 1. The Morgan fingerprint density at radius 3 is 2.81 bits per heavy atom. The average molecular weight is 365 g/mol. The van der Waals surface area contributed by atoms with Gasteiger partial charge in [-0.25, -0.2) is 9.97 Å². The number of aryl methyl sites for hydroxylation is 1. The minimum absolute atomic E-state index is 0.0586. The van der Waals surface area contributed by atoms with Crippen LogP contribution in [0.3, 0.4) is 0 Å². The molecule has 0 bridgehead atoms. The van der Waals surface area contributed by atoms with Crippen molar-refractivity contribution in [2.24, 2.45) is 5.92 Å². The molecule has 1 saturated heterocycles. The number of hydrogen-bond donors (Lipinski definition) is 1. The second-order valence-corrected chi connectivity index (χ2v) is 7.34. The molecule has 0 radical (unpaired) electrons. The van der Waals surface area contributed by atoms with E-state index in [2.05, 4.69) is 26.4 Å². The number of amides is 1. The molecule has 1 N–H and O–H groups in total. The summed E-state index contributed by atoms with van der Waals surface area (Å²) in [6.07, 6.45) is 6.95. The van der Waals surface area contributed by atoms with E-state index in [1.54, 1.807) is 11.1 Å². The highest BCUT2D eigenvalue weighted by Gasteiger charge is 2.37. The molecule has 27 heavy (non-hydrogen) atoms. The summed E-state index contributed by atoms with van der Waals surface area (Å²) < 4.78 is 0. The van der Waals surface area contributed by atoms with Crippen molar-refractivity contribution < 1.29 is 4.79 Å². The first kappa shape index (κ1) is 17.5. The number of nitrogens with one attached hydrogen (secondary N) is 1. The molecule has 1 aliphatic carbocycles. The van der Waals surface area contributed by atoms with Crippen LogP contribution in [-0.2, 0) is 4.79 Å². The van der Waals surface area contributed by atoms with Gasteiger partial charge in [0.05, 0.1) is 11.7 Å². The zero-order valence-electron chi connectivity index (χ0n) is 15.4. The minimum Gasteiger partial charge on any atom is -0.360 e. The van der Waals surface area contributed by atoms with Crippen molar-refractivity contribution in [3.05, 3.63) is 53.4 Å². The van der Waals surface area contributed by atoms with E-state index in [0.29, 0.717) is 24.7 Å². The average Bonchev–Trinajstić information content (AvgIpc) is 3.44. The maximum atomic E-state index is 12.6. The second-order valence-electron chi connectivity index (χ2n) is 7.34. The molecule has 1 saturated carbocycles. The first-order chi connectivity index (χ1) is 13.0. The van der Waals surface area contributed by atoms with Gasteiger partial charge in [-0.05, 0) is 43.9 Å². The van der Waals surface area contributed by atoms with Gasteiger partial charge in [0.1, 0.15) is 12.0 Å². The summed E-state index contributed by atoms with van der Waals surface area (Å²) in [5, 5.41) is 0. The number of nitrogens with zero attached hydrogens (tertiary/aromatic N) is 4. The van der Waals surface area contributed by atoms with Gasteiger partial charge in [-0.1, -0.05) is 6.58 Å². The van der Waals surface area contributed by atoms with Crippen molar-refractivity contribution in [3.8, 4) is 11.3 Å². The van der Waals surface area contributed by atoms with Gasteiger partial charge >= 0.3 is 0 Å². The van der Waals surface area contributed by atoms with E-state index in [-0.39, 0.29) is 17.5 Å². The lowest BCUT2D eigenvalue weighted by molar-refractivity contribution is -0.130. The van der Waals surface area contributed by atoms with Crippen LogP contribution in [0, 0.1) is 12.8 Å².